The molecule has 0 spiro atoms. The number of ether oxygens (including phenoxy) is 1. The van der Waals surface area contributed by atoms with Gasteiger partial charge in [-0.25, -0.2) is 0 Å². The highest BCUT2D eigenvalue weighted by molar-refractivity contribution is 9.09. The van der Waals surface area contributed by atoms with Gasteiger partial charge in [-0.05, 0) is 12.5 Å². The summed E-state index contributed by atoms with van der Waals surface area (Å²) < 4.78 is 5.26. The summed E-state index contributed by atoms with van der Waals surface area (Å²) in [4.78, 5) is 15.5. The largest absolute Gasteiger partial charge is 0.381 e. The molecule has 0 unspecified atom stereocenters. The van der Waals surface area contributed by atoms with E-state index in [4.69, 9.17) is 16.3 Å². The third-order valence-electron chi connectivity index (χ3n) is 1.99. The molecule has 0 bridgehead atoms. The van der Waals surface area contributed by atoms with E-state index < -0.39 is 0 Å². The van der Waals surface area contributed by atoms with Gasteiger partial charge < -0.3 is 10.1 Å². The molecule has 0 saturated heterocycles. The molecule has 0 saturated carbocycles. The van der Waals surface area contributed by atoms with E-state index in [1.54, 1.807) is 12.3 Å². The molecule has 1 heterocycles. The fourth-order valence-electron chi connectivity index (χ4n) is 1.19. The first-order valence-corrected chi connectivity index (χ1v) is 6.77. The molecule has 1 amide bonds. The Morgan fingerprint density at radius 2 is 2.35 bits per heavy atom. The predicted octanol–water partition coefficient (Wildman–Crippen LogP) is 2.27. The van der Waals surface area contributed by atoms with Crippen molar-refractivity contribution in [2.75, 3.05) is 25.1 Å². The number of alkyl halides is 1. The average molecular weight is 322 g/mol. The summed E-state index contributed by atoms with van der Waals surface area (Å²) in [7, 11) is 0. The number of aromatic nitrogens is 1. The first-order chi connectivity index (χ1) is 8.25. The third-order valence-corrected chi connectivity index (χ3v) is 2.61. The summed E-state index contributed by atoms with van der Waals surface area (Å²) in [5, 5.41) is 3.96. The molecule has 0 atom stereocenters. The summed E-state index contributed by atoms with van der Waals surface area (Å²) in [5.41, 5.74) is 0.447. The number of rotatable bonds is 7. The van der Waals surface area contributed by atoms with E-state index in [0.29, 0.717) is 30.3 Å². The molecule has 0 aromatic carbocycles. The molecule has 4 nitrogen and oxygen atoms in total. The van der Waals surface area contributed by atoms with Crippen molar-refractivity contribution in [3.8, 4) is 0 Å². The van der Waals surface area contributed by atoms with Crippen LogP contribution in [0.4, 0.5) is 0 Å². The molecule has 1 aromatic rings. The molecule has 17 heavy (non-hydrogen) atoms. The second kappa shape index (κ2) is 8.44. The first kappa shape index (κ1) is 14.4. The molecule has 0 fully saturated rings. The second-order valence-electron chi connectivity index (χ2n) is 3.27. The zero-order chi connectivity index (χ0) is 12.5. The van der Waals surface area contributed by atoms with Crippen LogP contribution >= 0.6 is 27.5 Å². The van der Waals surface area contributed by atoms with Gasteiger partial charge in [0, 0.05) is 30.9 Å². The van der Waals surface area contributed by atoms with Gasteiger partial charge in [0.25, 0.3) is 5.91 Å². The van der Waals surface area contributed by atoms with Crippen LogP contribution < -0.4 is 5.32 Å². The summed E-state index contributed by atoms with van der Waals surface area (Å²) in [6.07, 6.45) is 3.77. The molecule has 0 radical (unpaired) electrons. The number of amides is 1. The number of hydrogen-bond acceptors (Lipinski definition) is 3. The minimum atomic E-state index is -0.183. The number of carbonyl (C=O) groups excluding carboxylic acids is 1. The molecule has 0 aliphatic heterocycles. The second-order valence-corrected chi connectivity index (χ2v) is 4.47. The zero-order valence-electron chi connectivity index (χ0n) is 9.29. The maximum atomic E-state index is 11.7. The van der Waals surface area contributed by atoms with Crippen LogP contribution in [0.3, 0.4) is 0 Å². The molecular formula is C11H14BrClN2O2. The Kier molecular flexibility index (Phi) is 7.16. The highest BCUT2D eigenvalue weighted by Crippen LogP contribution is 2.12. The van der Waals surface area contributed by atoms with E-state index in [-0.39, 0.29) is 5.91 Å². The number of nitrogens with one attached hydrogen (secondary N) is 1. The Labute approximate surface area is 114 Å². The van der Waals surface area contributed by atoms with Gasteiger partial charge >= 0.3 is 0 Å². The summed E-state index contributed by atoms with van der Waals surface area (Å²) in [6, 6.07) is 1.60. The fraction of sp³-hybridized carbons (Fsp3) is 0.455. The minimum absolute atomic E-state index is 0.183. The van der Waals surface area contributed by atoms with Gasteiger partial charge in [0.2, 0.25) is 0 Å². The summed E-state index contributed by atoms with van der Waals surface area (Å²) in [6.45, 7) is 1.89. The minimum Gasteiger partial charge on any atom is -0.381 e. The molecule has 0 aliphatic carbocycles. The lowest BCUT2D eigenvalue weighted by Gasteiger charge is -2.06. The van der Waals surface area contributed by atoms with Crippen LogP contribution in [-0.2, 0) is 4.74 Å². The van der Waals surface area contributed by atoms with Crippen molar-refractivity contribution in [2.24, 2.45) is 0 Å². The van der Waals surface area contributed by atoms with Crippen LogP contribution in [0.25, 0.3) is 0 Å². The van der Waals surface area contributed by atoms with Crippen molar-refractivity contribution in [2.45, 2.75) is 6.42 Å². The van der Waals surface area contributed by atoms with Gasteiger partial charge in [0.05, 0.1) is 17.2 Å². The third kappa shape index (κ3) is 5.48. The molecule has 94 valence electrons. The Morgan fingerprint density at radius 1 is 1.53 bits per heavy atom. The molecule has 0 aliphatic rings. The number of nitrogens with zero attached hydrogens (tertiary/aromatic N) is 1. The molecule has 1 aromatic heterocycles. The lowest BCUT2D eigenvalue weighted by atomic mass is 10.2. The number of halogens is 2. The van der Waals surface area contributed by atoms with Crippen molar-refractivity contribution < 1.29 is 9.53 Å². The van der Waals surface area contributed by atoms with E-state index in [2.05, 4.69) is 26.2 Å². The van der Waals surface area contributed by atoms with Gasteiger partial charge in [-0.2, -0.15) is 0 Å². The van der Waals surface area contributed by atoms with Crippen molar-refractivity contribution in [3.63, 3.8) is 0 Å². The molecular weight excluding hydrogens is 307 g/mol. The number of carbonyl (C=O) groups is 1. The highest BCUT2D eigenvalue weighted by Gasteiger charge is 2.08. The maximum Gasteiger partial charge on any atom is 0.252 e. The van der Waals surface area contributed by atoms with Gasteiger partial charge in [-0.1, -0.05) is 27.5 Å². The SMILES string of the molecule is O=C(NCCCOCCBr)c1ccncc1Cl. The standard InChI is InChI=1S/C11H14BrClN2O2/c12-3-7-17-6-1-4-15-11(16)9-2-5-14-8-10(9)13/h2,5,8H,1,3-4,6-7H2,(H,15,16). The normalized spacial score (nSPS) is 10.2. The van der Waals surface area contributed by atoms with Gasteiger partial charge in [0.1, 0.15) is 0 Å². The van der Waals surface area contributed by atoms with E-state index in [9.17, 15) is 4.79 Å². The first-order valence-electron chi connectivity index (χ1n) is 5.27. The van der Waals surface area contributed by atoms with Crippen LogP contribution in [-0.4, -0.2) is 36.0 Å². The van der Waals surface area contributed by atoms with Crippen molar-refractivity contribution in [1.29, 1.82) is 0 Å². The summed E-state index contributed by atoms with van der Waals surface area (Å²) in [5.74, 6) is -0.183. The predicted molar refractivity (Wildman–Crippen MR) is 70.8 cm³/mol. The molecule has 1 rings (SSSR count). The van der Waals surface area contributed by atoms with Crippen LogP contribution in [0.5, 0.6) is 0 Å². The van der Waals surface area contributed by atoms with Crippen molar-refractivity contribution in [3.05, 3.63) is 29.0 Å². The zero-order valence-corrected chi connectivity index (χ0v) is 11.6. The van der Waals surface area contributed by atoms with Gasteiger partial charge in [-0.15, -0.1) is 0 Å². The lowest BCUT2D eigenvalue weighted by molar-refractivity contribution is 0.0944. The van der Waals surface area contributed by atoms with E-state index in [0.717, 1.165) is 11.8 Å². The topological polar surface area (TPSA) is 51.2 Å². The smallest absolute Gasteiger partial charge is 0.252 e. The van der Waals surface area contributed by atoms with Gasteiger partial charge in [-0.3, -0.25) is 9.78 Å². The van der Waals surface area contributed by atoms with Crippen LogP contribution in [0.1, 0.15) is 16.8 Å². The Hall–Kier alpha value is -0.650. The van der Waals surface area contributed by atoms with Crippen molar-refractivity contribution >= 4 is 33.4 Å². The van der Waals surface area contributed by atoms with Crippen LogP contribution in [0, 0.1) is 0 Å². The quantitative estimate of drug-likeness (QED) is 0.619. The monoisotopic (exact) mass is 320 g/mol. The van der Waals surface area contributed by atoms with Gasteiger partial charge in [0.15, 0.2) is 0 Å². The van der Waals surface area contributed by atoms with E-state index >= 15 is 0 Å². The highest BCUT2D eigenvalue weighted by atomic mass is 79.9. The fourth-order valence-corrected chi connectivity index (χ4v) is 1.62. The lowest BCUT2D eigenvalue weighted by Crippen LogP contribution is -2.25. The Morgan fingerprint density at radius 3 is 3.06 bits per heavy atom. The number of pyridine rings is 1. The summed E-state index contributed by atoms with van der Waals surface area (Å²) >= 11 is 9.11. The molecule has 6 heteroatoms. The van der Waals surface area contributed by atoms with E-state index in [1.807, 2.05) is 0 Å². The van der Waals surface area contributed by atoms with Crippen LogP contribution in [0.15, 0.2) is 18.5 Å². The molecule has 1 N–H and O–H groups in total. The van der Waals surface area contributed by atoms with Crippen molar-refractivity contribution in [1.82, 2.24) is 10.3 Å². The number of hydrogen-bond donors (Lipinski definition) is 1. The van der Waals surface area contributed by atoms with Crippen LogP contribution in [0.2, 0.25) is 5.02 Å². The Bertz CT molecular complexity index is 363. The maximum absolute atomic E-state index is 11.7. The van der Waals surface area contributed by atoms with E-state index in [1.165, 1.54) is 6.20 Å². The Balaban J connectivity index is 2.24. The average Bonchev–Trinajstić information content (AvgIpc) is 2.34.